The lowest BCUT2D eigenvalue weighted by Gasteiger charge is -2.07. The Bertz CT molecular complexity index is 1430. The molecule has 36 heavy (non-hydrogen) atoms. The summed E-state index contributed by atoms with van der Waals surface area (Å²) in [5.74, 6) is 0.969. The van der Waals surface area contributed by atoms with E-state index in [2.05, 4.69) is 5.32 Å². The molecule has 7 heteroatoms. The predicted molar refractivity (Wildman–Crippen MR) is 140 cm³/mol. The first-order chi connectivity index (χ1) is 17.5. The highest BCUT2D eigenvalue weighted by atomic mass is 16.5. The number of anilines is 1. The van der Waals surface area contributed by atoms with Gasteiger partial charge >= 0.3 is 0 Å². The van der Waals surface area contributed by atoms with Crippen LogP contribution in [0.3, 0.4) is 0 Å². The van der Waals surface area contributed by atoms with Gasteiger partial charge < -0.3 is 14.8 Å². The molecule has 0 aliphatic carbocycles. The standard InChI is InChI=1S/C29H26N4O3/c1-4-36-26-13-11-24(12-14-26)31-29(34)22(18-30)17-23-19-33(25-8-6-5-7-9-25)32-28(23)21-10-15-27(35-3)20(2)16-21/h5-17,19H,4H2,1-3H3,(H,31,34)/b22-17+. The van der Waals surface area contributed by atoms with E-state index >= 15 is 0 Å². The van der Waals surface area contributed by atoms with Crippen molar-refractivity contribution in [2.75, 3.05) is 19.0 Å². The van der Waals surface area contributed by atoms with Crippen molar-refractivity contribution in [3.63, 3.8) is 0 Å². The van der Waals surface area contributed by atoms with Crippen molar-refractivity contribution < 1.29 is 14.3 Å². The van der Waals surface area contributed by atoms with Crippen molar-refractivity contribution >= 4 is 17.7 Å². The maximum atomic E-state index is 12.9. The highest BCUT2D eigenvalue weighted by Crippen LogP contribution is 2.30. The van der Waals surface area contributed by atoms with Crippen LogP contribution in [0.25, 0.3) is 23.0 Å². The van der Waals surface area contributed by atoms with E-state index in [0.717, 1.165) is 22.6 Å². The molecule has 3 aromatic carbocycles. The van der Waals surface area contributed by atoms with Crippen molar-refractivity contribution in [3.05, 3.63) is 95.7 Å². The topological polar surface area (TPSA) is 89.2 Å². The minimum atomic E-state index is -0.508. The summed E-state index contributed by atoms with van der Waals surface area (Å²) in [6.45, 7) is 4.41. The molecule has 4 rings (SSSR count). The quantitative estimate of drug-likeness (QED) is 0.255. The van der Waals surface area contributed by atoms with Gasteiger partial charge in [-0.15, -0.1) is 0 Å². The number of benzene rings is 3. The molecule has 0 aliphatic rings. The van der Waals surface area contributed by atoms with Gasteiger partial charge in [-0.1, -0.05) is 18.2 Å². The Morgan fingerprint density at radius 1 is 1.11 bits per heavy atom. The minimum absolute atomic E-state index is 0.0389. The second-order valence-electron chi connectivity index (χ2n) is 7.98. The molecule has 1 amide bonds. The monoisotopic (exact) mass is 478 g/mol. The number of nitrogens with one attached hydrogen (secondary N) is 1. The van der Waals surface area contributed by atoms with Crippen LogP contribution >= 0.6 is 0 Å². The molecule has 7 nitrogen and oxygen atoms in total. The van der Waals surface area contributed by atoms with Crippen LogP contribution < -0.4 is 14.8 Å². The fraction of sp³-hybridized carbons (Fsp3) is 0.138. The van der Waals surface area contributed by atoms with Crippen molar-refractivity contribution in [1.82, 2.24) is 9.78 Å². The fourth-order valence-electron chi connectivity index (χ4n) is 3.76. The number of ether oxygens (including phenoxy) is 2. The van der Waals surface area contributed by atoms with E-state index in [4.69, 9.17) is 14.6 Å². The van der Waals surface area contributed by atoms with Gasteiger partial charge in [-0.25, -0.2) is 4.68 Å². The third kappa shape index (κ3) is 5.45. The molecule has 180 valence electrons. The number of aromatic nitrogens is 2. The molecule has 1 aromatic heterocycles. The smallest absolute Gasteiger partial charge is 0.266 e. The molecular weight excluding hydrogens is 452 g/mol. The molecule has 0 unspecified atom stereocenters. The van der Waals surface area contributed by atoms with E-state index in [1.807, 2.05) is 74.6 Å². The van der Waals surface area contributed by atoms with Gasteiger partial charge in [0.25, 0.3) is 5.91 Å². The molecule has 0 spiro atoms. The van der Waals surface area contributed by atoms with Gasteiger partial charge in [-0.05, 0) is 80.1 Å². The van der Waals surface area contributed by atoms with E-state index in [9.17, 15) is 10.1 Å². The lowest BCUT2D eigenvalue weighted by molar-refractivity contribution is -0.112. The second-order valence-corrected chi connectivity index (χ2v) is 7.98. The van der Waals surface area contributed by atoms with Gasteiger partial charge in [-0.2, -0.15) is 10.4 Å². The molecule has 1 heterocycles. The maximum absolute atomic E-state index is 12.9. The lowest BCUT2D eigenvalue weighted by atomic mass is 10.0. The first kappa shape index (κ1) is 24.3. The number of para-hydroxylation sites is 1. The molecule has 0 saturated carbocycles. The van der Waals surface area contributed by atoms with Gasteiger partial charge in [0.1, 0.15) is 28.8 Å². The summed E-state index contributed by atoms with van der Waals surface area (Å²) in [7, 11) is 1.63. The third-order valence-corrected chi connectivity index (χ3v) is 5.52. The predicted octanol–water partition coefficient (Wildman–Crippen LogP) is 5.80. The first-order valence-corrected chi connectivity index (χ1v) is 11.5. The average Bonchev–Trinajstić information content (AvgIpc) is 3.33. The number of hydrogen-bond donors (Lipinski definition) is 1. The SMILES string of the molecule is CCOc1ccc(NC(=O)/C(C#N)=C/c2cn(-c3ccccc3)nc2-c2ccc(OC)c(C)c2)cc1. The van der Waals surface area contributed by atoms with Gasteiger partial charge in [0.05, 0.1) is 19.4 Å². The minimum Gasteiger partial charge on any atom is -0.496 e. The van der Waals surface area contributed by atoms with Crippen LogP contribution in [0.5, 0.6) is 11.5 Å². The van der Waals surface area contributed by atoms with Crippen LogP contribution in [-0.4, -0.2) is 29.4 Å². The number of hydrogen-bond acceptors (Lipinski definition) is 5. The Hall–Kier alpha value is -4.83. The average molecular weight is 479 g/mol. The number of rotatable bonds is 8. The normalized spacial score (nSPS) is 11.0. The van der Waals surface area contributed by atoms with Crippen LogP contribution in [0.2, 0.25) is 0 Å². The molecule has 0 saturated heterocycles. The number of carbonyl (C=O) groups is 1. The van der Waals surface area contributed by atoms with Gasteiger partial charge in [0, 0.05) is 23.0 Å². The van der Waals surface area contributed by atoms with Crippen LogP contribution in [0.15, 0.2) is 84.6 Å². The third-order valence-electron chi connectivity index (χ3n) is 5.52. The van der Waals surface area contributed by atoms with Crippen molar-refractivity contribution in [2.45, 2.75) is 13.8 Å². The maximum Gasteiger partial charge on any atom is 0.266 e. The summed E-state index contributed by atoms with van der Waals surface area (Å²) < 4.78 is 12.6. The zero-order chi connectivity index (χ0) is 25.5. The van der Waals surface area contributed by atoms with Crippen LogP contribution in [0.1, 0.15) is 18.1 Å². The van der Waals surface area contributed by atoms with E-state index in [0.29, 0.717) is 29.3 Å². The molecule has 4 aromatic rings. The van der Waals surface area contributed by atoms with Crippen molar-refractivity contribution in [2.24, 2.45) is 0 Å². The number of methoxy groups -OCH3 is 1. The zero-order valence-corrected chi connectivity index (χ0v) is 20.4. The Kier molecular flexibility index (Phi) is 7.47. The molecule has 0 bridgehead atoms. The van der Waals surface area contributed by atoms with Crippen molar-refractivity contribution in [3.8, 4) is 34.5 Å². The van der Waals surface area contributed by atoms with E-state index in [-0.39, 0.29) is 5.57 Å². The Balaban J connectivity index is 1.71. The second kappa shape index (κ2) is 11.1. The number of carbonyl (C=O) groups excluding carboxylic acids is 1. The first-order valence-electron chi connectivity index (χ1n) is 11.5. The molecule has 0 radical (unpaired) electrons. The Morgan fingerprint density at radius 3 is 2.50 bits per heavy atom. The summed E-state index contributed by atoms with van der Waals surface area (Å²) in [4.78, 5) is 12.9. The molecule has 0 fully saturated rings. The highest BCUT2D eigenvalue weighted by Gasteiger charge is 2.16. The van der Waals surface area contributed by atoms with Crippen molar-refractivity contribution in [1.29, 1.82) is 5.26 Å². The molecule has 0 aliphatic heterocycles. The van der Waals surface area contributed by atoms with Gasteiger partial charge in [-0.3, -0.25) is 4.79 Å². The van der Waals surface area contributed by atoms with Crippen LogP contribution in [0.4, 0.5) is 5.69 Å². The number of nitrogens with zero attached hydrogens (tertiary/aromatic N) is 3. The Morgan fingerprint density at radius 2 is 1.86 bits per heavy atom. The van der Waals surface area contributed by atoms with Crippen LogP contribution in [0, 0.1) is 18.3 Å². The summed E-state index contributed by atoms with van der Waals surface area (Å²) in [6.07, 6.45) is 3.37. The largest absolute Gasteiger partial charge is 0.496 e. The number of nitriles is 1. The molecule has 1 N–H and O–H groups in total. The fourth-order valence-corrected chi connectivity index (χ4v) is 3.76. The van der Waals surface area contributed by atoms with Crippen LogP contribution in [-0.2, 0) is 4.79 Å². The van der Waals surface area contributed by atoms with E-state index in [1.54, 1.807) is 42.1 Å². The summed E-state index contributed by atoms with van der Waals surface area (Å²) in [5, 5.41) is 17.4. The highest BCUT2D eigenvalue weighted by molar-refractivity contribution is 6.10. The summed E-state index contributed by atoms with van der Waals surface area (Å²) >= 11 is 0. The van der Waals surface area contributed by atoms with Gasteiger partial charge in [0.15, 0.2) is 0 Å². The number of amides is 1. The summed E-state index contributed by atoms with van der Waals surface area (Å²) in [6, 6.07) is 24.4. The Labute approximate surface area is 210 Å². The lowest BCUT2D eigenvalue weighted by Crippen LogP contribution is -2.13. The number of aryl methyl sites for hydroxylation is 1. The molecule has 0 atom stereocenters. The van der Waals surface area contributed by atoms with E-state index < -0.39 is 5.91 Å². The van der Waals surface area contributed by atoms with E-state index in [1.165, 1.54) is 0 Å². The zero-order valence-electron chi connectivity index (χ0n) is 20.4. The molecular formula is C29H26N4O3. The summed E-state index contributed by atoms with van der Waals surface area (Å²) in [5.41, 5.74) is 4.47. The van der Waals surface area contributed by atoms with Gasteiger partial charge in [0.2, 0.25) is 0 Å².